The van der Waals surface area contributed by atoms with Gasteiger partial charge in [0.1, 0.15) is 0 Å². The molecule has 0 heteroatoms. The van der Waals surface area contributed by atoms with Gasteiger partial charge in [-0.2, -0.15) is 0 Å². The summed E-state index contributed by atoms with van der Waals surface area (Å²) in [6.07, 6.45) is 8.14. The van der Waals surface area contributed by atoms with Crippen molar-refractivity contribution in [2.75, 3.05) is 0 Å². The first-order valence-corrected chi connectivity index (χ1v) is 4.90. The third-order valence-electron chi connectivity index (χ3n) is 2.59. The highest BCUT2D eigenvalue weighted by Crippen LogP contribution is 2.29. The normalized spacial score (nSPS) is 24.8. The fourth-order valence-electron chi connectivity index (χ4n) is 1.56. The Morgan fingerprint density at radius 2 is 2.08 bits per heavy atom. The molecule has 0 nitrogen and oxygen atoms in total. The van der Waals surface area contributed by atoms with Crippen molar-refractivity contribution in [1.82, 2.24) is 0 Å². The monoisotopic (exact) mass is 163 g/mol. The van der Waals surface area contributed by atoms with Crippen molar-refractivity contribution in [2.45, 2.75) is 34.1 Å². The van der Waals surface area contributed by atoms with Gasteiger partial charge in [0.05, 0.1) is 0 Å². The molecule has 1 atom stereocenters. The van der Waals surface area contributed by atoms with Gasteiger partial charge in [-0.25, -0.2) is 0 Å². The molecular formula is C12H19. The van der Waals surface area contributed by atoms with Gasteiger partial charge in [-0.15, -0.1) is 0 Å². The Morgan fingerprint density at radius 3 is 2.58 bits per heavy atom. The Morgan fingerprint density at radius 1 is 1.42 bits per heavy atom. The van der Waals surface area contributed by atoms with E-state index in [0.29, 0.717) is 11.8 Å². The lowest BCUT2D eigenvalue weighted by molar-refractivity contribution is 0.688. The smallest absolute Gasteiger partial charge is 0.00417 e. The minimum atomic E-state index is 0.650. The molecular weight excluding hydrogens is 144 g/mol. The van der Waals surface area contributed by atoms with E-state index in [9.17, 15) is 0 Å². The summed E-state index contributed by atoms with van der Waals surface area (Å²) in [6, 6.07) is 0. The fraction of sp³-hybridized carbons (Fsp3) is 0.583. The SMILES string of the molecule is CC[C]1C=C(C(C)C)C=CC1C. The molecule has 0 aromatic heterocycles. The minimum Gasteiger partial charge on any atom is -0.0805 e. The lowest BCUT2D eigenvalue weighted by Crippen LogP contribution is -2.09. The highest BCUT2D eigenvalue weighted by atomic mass is 14.2. The molecule has 1 aliphatic carbocycles. The maximum Gasteiger partial charge on any atom is 0.00417 e. The number of hydrogen-bond acceptors (Lipinski definition) is 0. The van der Waals surface area contributed by atoms with Gasteiger partial charge >= 0.3 is 0 Å². The predicted molar refractivity (Wildman–Crippen MR) is 54.8 cm³/mol. The highest BCUT2D eigenvalue weighted by Gasteiger charge is 2.16. The summed E-state index contributed by atoms with van der Waals surface area (Å²) in [6.45, 7) is 9.00. The summed E-state index contributed by atoms with van der Waals surface area (Å²) in [5.41, 5.74) is 1.48. The Labute approximate surface area is 76.4 Å². The van der Waals surface area contributed by atoms with Crippen molar-refractivity contribution in [3.8, 4) is 0 Å². The molecule has 0 aromatic carbocycles. The first kappa shape index (κ1) is 9.57. The summed E-state index contributed by atoms with van der Waals surface area (Å²) in [5.74, 6) is 2.88. The average molecular weight is 163 g/mol. The Hall–Kier alpha value is -0.520. The standard InChI is InChI=1S/C12H19/c1-5-11-8-12(9(2)3)7-6-10(11)4/h6-10H,5H2,1-4H3. The van der Waals surface area contributed by atoms with E-state index in [1.165, 1.54) is 12.0 Å². The molecule has 0 bridgehead atoms. The van der Waals surface area contributed by atoms with Gasteiger partial charge in [0.2, 0.25) is 0 Å². The van der Waals surface area contributed by atoms with Gasteiger partial charge < -0.3 is 0 Å². The van der Waals surface area contributed by atoms with Crippen LogP contribution in [0, 0.1) is 17.8 Å². The van der Waals surface area contributed by atoms with Crippen LogP contribution in [0.4, 0.5) is 0 Å². The van der Waals surface area contributed by atoms with Crippen LogP contribution in [-0.4, -0.2) is 0 Å². The Kier molecular flexibility index (Phi) is 3.13. The van der Waals surface area contributed by atoms with Gasteiger partial charge in [-0.05, 0) is 23.8 Å². The van der Waals surface area contributed by atoms with Gasteiger partial charge in [0.25, 0.3) is 0 Å². The number of allylic oxidation sites excluding steroid dienone is 4. The van der Waals surface area contributed by atoms with Crippen molar-refractivity contribution in [1.29, 1.82) is 0 Å². The molecule has 1 radical (unpaired) electrons. The molecule has 0 aromatic rings. The maximum atomic E-state index is 2.37. The predicted octanol–water partition coefficient (Wildman–Crippen LogP) is 3.76. The van der Waals surface area contributed by atoms with Crippen LogP contribution in [0.15, 0.2) is 23.8 Å². The maximum absolute atomic E-state index is 2.37. The van der Waals surface area contributed by atoms with Crippen molar-refractivity contribution >= 4 is 0 Å². The zero-order valence-corrected chi connectivity index (χ0v) is 8.59. The summed E-state index contributed by atoms with van der Waals surface area (Å²) >= 11 is 0. The van der Waals surface area contributed by atoms with Gasteiger partial charge in [-0.3, -0.25) is 0 Å². The van der Waals surface area contributed by atoms with Crippen LogP contribution in [0.2, 0.25) is 0 Å². The van der Waals surface area contributed by atoms with Crippen LogP contribution in [0.1, 0.15) is 34.1 Å². The molecule has 0 amide bonds. The van der Waals surface area contributed by atoms with E-state index in [0.717, 1.165) is 0 Å². The molecule has 1 rings (SSSR count). The van der Waals surface area contributed by atoms with Crippen LogP contribution >= 0.6 is 0 Å². The van der Waals surface area contributed by atoms with Crippen LogP contribution in [-0.2, 0) is 0 Å². The fourth-order valence-corrected chi connectivity index (χ4v) is 1.56. The molecule has 0 heterocycles. The van der Waals surface area contributed by atoms with Gasteiger partial charge in [0.15, 0.2) is 0 Å². The molecule has 0 saturated carbocycles. The number of hydrogen-bond donors (Lipinski definition) is 0. The van der Waals surface area contributed by atoms with E-state index in [2.05, 4.69) is 45.9 Å². The van der Waals surface area contributed by atoms with Crippen molar-refractivity contribution in [3.05, 3.63) is 29.7 Å². The second kappa shape index (κ2) is 3.93. The van der Waals surface area contributed by atoms with Crippen molar-refractivity contribution in [3.63, 3.8) is 0 Å². The summed E-state index contributed by atoms with van der Waals surface area (Å²) in [5, 5.41) is 0. The quantitative estimate of drug-likeness (QED) is 0.581. The van der Waals surface area contributed by atoms with Crippen LogP contribution in [0.3, 0.4) is 0 Å². The first-order valence-electron chi connectivity index (χ1n) is 4.90. The Bertz CT molecular complexity index is 196. The molecule has 12 heavy (non-hydrogen) atoms. The summed E-state index contributed by atoms with van der Waals surface area (Å²) < 4.78 is 0. The third kappa shape index (κ3) is 2.00. The van der Waals surface area contributed by atoms with E-state index in [-0.39, 0.29) is 0 Å². The summed E-state index contributed by atoms with van der Waals surface area (Å²) in [7, 11) is 0. The molecule has 0 N–H and O–H groups in total. The summed E-state index contributed by atoms with van der Waals surface area (Å²) in [4.78, 5) is 0. The molecule has 1 aliphatic rings. The first-order chi connectivity index (χ1) is 5.65. The van der Waals surface area contributed by atoms with Crippen LogP contribution < -0.4 is 0 Å². The Balaban J connectivity index is 2.73. The van der Waals surface area contributed by atoms with Crippen molar-refractivity contribution < 1.29 is 0 Å². The van der Waals surface area contributed by atoms with Crippen LogP contribution in [0.25, 0.3) is 0 Å². The largest absolute Gasteiger partial charge is 0.0805 e. The minimum absolute atomic E-state index is 0.650. The van der Waals surface area contributed by atoms with E-state index >= 15 is 0 Å². The number of rotatable bonds is 2. The zero-order chi connectivity index (χ0) is 9.14. The van der Waals surface area contributed by atoms with E-state index in [4.69, 9.17) is 0 Å². The lowest BCUT2D eigenvalue weighted by Gasteiger charge is -2.22. The molecule has 67 valence electrons. The van der Waals surface area contributed by atoms with E-state index < -0.39 is 0 Å². The van der Waals surface area contributed by atoms with Crippen LogP contribution in [0.5, 0.6) is 0 Å². The molecule has 0 fully saturated rings. The van der Waals surface area contributed by atoms with Crippen molar-refractivity contribution in [2.24, 2.45) is 11.8 Å². The second-order valence-corrected chi connectivity index (χ2v) is 3.88. The second-order valence-electron chi connectivity index (χ2n) is 3.88. The van der Waals surface area contributed by atoms with Gasteiger partial charge in [-0.1, -0.05) is 45.9 Å². The molecule has 0 aliphatic heterocycles. The molecule has 1 unspecified atom stereocenters. The molecule has 0 spiro atoms. The highest BCUT2D eigenvalue weighted by molar-refractivity contribution is 5.35. The topological polar surface area (TPSA) is 0 Å². The zero-order valence-electron chi connectivity index (χ0n) is 8.59. The lowest BCUT2D eigenvalue weighted by atomic mass is 9.83. The van der Waals surface area contributed by atoms with E-state index in [1.54, 1.807) is 5.92 Å². The average Bonchev–Trinajstić information content (AvgIpc) is 2.05. The van der Waals surface area contributed by atoms with E-state index in [1.807, 2.05) is 0 Å². The third-order valence-corrected chi connectivity index (χ3v) is 2.59. The van der Waals surface area contributed by atoms with Gasteiger partial charge in [0, 0.05) is 5.92 Å². The molecule has 0 saturated heterocycles.